The van der Waals surface area contributed by atoms with E-state index in [0.717, 1.165) is 0 Å². The van der Waals surface area contributed by atoms with Gasteiger partial charge >= 0.3 is 12.1 Å². The second-order valence-electron chi connectivity index (χ2n) is 3.87. The van der Waals surface area contributed by atoms with E-state index in [-0.39, 0.29) is 12.0 Å². The molecule has 0 fully saturated rings. The quantitative estimate of drug-likeness (QED) is 0.754. The van der Waals surface area contributed by atoms with Crippen molar-refractivity contribution >= 4 is 5.97 Å². The molecule has 0 aliphatic heterocycles. The standard InChI is InChI=1S/C9H16F3NO2/c1-5(2)6(3)13-4-7(8(14)15)9(10,11)12/h5-7,13H,4H2,1-3H3,(H,14,15). The predicted molar refractivity (Wildman–Crippen MR) is 49.5 cm³/mol. The SMILES string of the molecule is CC(C)C(C)NCC(C(=O)O)C(F)(F)F. The lowest BCUT2D eigenvalue weighted by Gasteiger charge is -2.21. The van der Waals surface area contributed by atoms with E-state index in [1.54, 1.807) is 6.92 Å². The molecule has 0 aromatic carbocycles. The first-order chi connectivity index (χ1) is 6.66. The fourth-order valence-corrected chi connectivity index (χ4v) is 0.882. The van der Waals surface area contributed by atoms with Gasteiger partial charge in [-0.1, -0.05) is 13.8 Å². The van der Waals surface area contributed by atoms with Crippen LogP contribution in [0.3, 0.4) is 0 Å². The highest BCUT2D eigenvalue weighted by molar-refractivity contribution is 5.71. The summed E-state index contributed by atoms with van der Waals surface area (Å²) in [5.41, 5.74) is 0. The summed E-state index contributed by atoms with van der Waals surface area (Å²) in [6, 6.07) is -0.144. The number of hydrogen-bond acceptors (Lipinski definition) is 2. The van der Waals surface area contributed by atoms with Crippen molar-refractivity contribution in [3.63, 3.8) is 0 Å². The van der Waals surface area contributed by atoms with Crippen LogP contribution in [0.15, 0.2) is 0 Å². The van der Waals surface area contributed by atoms with Gasteiger partial charge in [0.15, 0.2) is 5.92 Å². The Morgan fingerprint density at radius 3 is 2.07 bits per heavy atom. The second kappa shape index (κ2) is 5.34. The Balaban J connectivity index is 4.27. The van der Waals surface area contributed by atoms with Crippen molar-refractivity contribution in [3.8, 4) is 0 Å². The van der Waals surface area contributed by atoms with Crippen LogP contribution in [-0.4, -0.2) is 29.8 Å². The average molecular weight is 227 g/mol. The van der Waals surface area contributed by atoms with Gasteiger partial charge in [-0.2, -0.15) is 13.2 Å². The fraction of sp³-hybridized carbons (Fsp3) is 0.889. The van der Waals surface area contributed by atoms with Gasteiger partial charge < -0.3 is 10.4 Å². The third-order valence-electron chi connectivity index (χ3n) is 2.34. The van der Waals surface area contributed by atoms with Gasteiger partial charge in [0.1, 0.15) is 0 Å². The highest BCUT2D eigenvalue weighted by Gasteiger charge is 2.44. The van der Waals surface area contributed by atoms with Crippen LogP contribution in [0.1, 0.15) is 20.8 Å². The minimum Gasteiger partial charge on any atom is -0.481 e. The number of carbonyl (C=O) groups is 1. The number of carboxylic acid groups (broad SMARTS) is 1. The number of aliphatic carboxylic acids is 1. The summed E-state index contributed by atoms with van der Waals surface area (Å²) >= 11 is 0. The number of rotatable bonds is 5. The fourth-order valence-electron chi connectivity index (χ4n) is 0.882. The van der Waals surface area contributed by atoms with Crippen molar-refractivity contribution in [2.24, 2.45) is 11.8 Å². The summed E-state index contributed by atoms with van der Waals surface area (Å²) in [7, 11) is 0. The molecule has 2 atom stereocenters. The van der Waals surface area contributed by atoms with Gasteiger partial charge in [-0.25, -0.2) is 0 Å². The summed E-state index contributed by atoms with van der Waals surface area (Å²) in [4.78, 5) is 10.4. The number of halogens is 3. The van der Waals surface area contributed by atoms with Crippen molar-refractivity contribution in [3.05, 3.63) is 0 Å². The minimum absolute atomic E-state index is 0.144. The van der Waals surface area contributed by atoms with Gasteiger partial charge in [-0.15, -0.1) is 0 Å². The summed E-state index contributed by atoms with van der Waals surface area (Å²) < 4.78 is 36.6. The first-order valence-electron chi connectivity index (χ1n) is 4.69. The summed E-state index contributed by atoms with van der Waals surface area (Å²) in [5, 5.41) is 11.0. The second-order valence-corrected chi connectivity index (χ2v) is 3.87. The molecule has 2 unspecified atom stereocenters. The normalized spacial score (nSPS) is 16.5. The van der Waals surface area contributed by atoms with Gasteiger partial charge in [-0.3, -0.25) is 4.79 Å². The van der Waals surface area contributed by atoms with Crippen LogP contribution in [0.4, 0.5) is 13.2 Å². The number of carboxylic acids is 1. The third-order valence-corrected chi connectivity index (χ3v) is 2.34. The molecule has 0 rings (SSSR count). The number of alkyl halides is 3. The zero-order valence-corrected chi connectivity index (χ0v) is 8.93. The van der Waals surface area contributed by atoms with E-state index in [2.05, 4.69) is 5.32 Å². The molecule has 0 bridgehead atoms. The predicted octanol–water partition coefficient (Wildman–Crippen LogP) is 1.88. The Kier molecular flexibility index (Phi) is 5.07. The molecule has 0 saturated carbocycles. The molecule has 0 amide bonds. The molecular formula is C9H16F3NO2. The Hall–Kier alpha value is -0.780. The van der Waals surface area contributed by atoms with Crippen LogP contribution in [0.25, 0.3) is 0 Å². The molecule has 0 aliphatic carbocycles. The minimum atomic E-state index is -4.70. The maximum absolute atomic E-state index is 12.2. The zero-order valence-electron chi connectivity index (χ0n) is 8.93. The van der Waals surface area contributed by atoms with Crippen LogP contribution in [0.5, 0.6) is 0 Å². The van der Waals surface area contributed by atoms with Crippen LogP contribution in [0, 0.1) is 11.8 Å². The molecule has 0 aromatic heterocycles. The van der Waals surface area contributed by atoms with Crippen LogP contribution in [-0.2, 0) is 4.79 Å². The van der Waals surface area contributed by atoms with Crippen LogP contribution >= 0.6 is 0 Å². The van der Waals surface area contributed by atoms with E-state index in [4.69, 9.17) is 5.11 Å². The van der Waals surface area contributed by atoms with Gasteiger partial charge in [0.2, 0.25) is 0 Å². The summed E-state index contributed by atoms with van der Waals surface area (Å²) in [5.74, 6) is -4.02. The number of hydrogen-bond donors (Lipinski definition) is 2. The van der Waals surface area contributed by atoms with E-state index in [0.29, 0.717) is 0 Å². The van der Waals surface area contributed by atoms with Crippen molar-refractivity contribution < 1.29 is 23.1 Å². The van der Waals surface area contributed by atoms with Gasteiger partial charge in [0.05, 0.1) is 0 Å². The van der Waals surface area contributed by atoms with Crippen molar-refractivity contribution in [1.82, 2.24) is 5.32 Å². The third kappa shape index (κ3) is 5.01. The van der Waals surface area contributed by atoms with Gasteiger partial charge in [-0.05, 0) is 12.8 Å². The van der Waals surface area contributed by atoms with E-state index in [9.17, 15) is 18.0 Å². The first-order valence-corrected chi connectivity index (χ1v) is 4.69. The van der Waals surface area contributed by atoms with Crippen molar-refractivity contribution in [1.29, 1.82) is 0 Å². The topological polar surface area (TPSA) is 49.3 Å². The lowest BCUT2D eigenvalue weighted by atomic mass is 10.0. The molecule has 90 valence electrons. The van der Waals surface area contributed by atoms with E-state index in [1.807, 2.05) is 13.8 Å². The maximum Gasteiger partial charge on any atom is 0.403 e. The molecular weight excluding hydrogens is 211 g/mol. The van der Waals surface area contributed by atoms with E-state index >= 15 is 0 Å². The lowest BCUT2D eigenvalue weighted by Crippen LogP contribution is -2.43. The average Bonchev–Trinajstić information content (AvgIpc) is 2.00. The van der Waals surface area contributed by atoms with E-state index in [1.165, 1.54) is 0 Å². The van der Waals surface area contributed by atoms with E-state index < -0.39 is 24.6 Å². The molecule has 0 heterocycles. The first kappa shape index (κ1) is 14.2. The zero-order chi connectivity index (χ0) is 12.2. The van der Waals surface area contributed by atoms with Gasteiger partial charge in [0.25, 0.3) is 0 Å². The summed E-state index contributed by atoms with van der Waals surface area (Å²) in [6.07, 6.45) is -4.70. The van der Waals surface area contributed by atoms with Gasteiger partial charge in [0, 0.05) is 12.6 Å². The molecule has 2 N–H and O–H groups in total. The molecule has 0 aliphatic rings. The molecule has 0 spiro atoms. The Bertz CT molecular complexity index is 216. The van der Waals surface area contributed by atoms with Crippen LogP contribution < -0.4 is 5.32 Å². The largest absolute Gasteiger partial charge is 0.481 e. The number of nitrogens with one attached hydrogen (secondary N) is 1. The Morgan fingerprint density at radius 2 is 1.80 bits per heavy atom. The monoisotopic (exact) mass is 227 g/mol. The molecule has 0 aromatic rings. The highest BCUT2D eigenvalue weighted by Crippen LogP contribution is 2.26. The molecule has 0 radical (unpaired) electrons. The summed E-state index contributed by atoms with van der Waals surface area (Å²) in [6.45, 7) is 4.83. The van der Waals surface area contributed by atoms with Crippen LogP contribution in [0.2, 0.25) is 0 Å². The molecule has 15 heavy (non-hydrogen) atoms. The molecule has 3 nitrogen and oxygen atoms in total. The smallest absolute Gasteiger partial charge is 0.403 e. The maximum atomic E-state index is 12.2. The highest BCUT2D eigenvalue weighted by atomic mass is 19.4. The molecule has 6 heteroatoms. The van der Waals surface area contributed by atoms with Crippen molar-refractivity contribution in [2.75, 3.05) is 6.54 Å². The lowest BCUT2D eigenvalue weighted by molar-refractivity contribution is -0.192. The Morgan fingerprint density at radius 1 is 1.33 bits per heavy atom. The Labute approximate surface area is 86.7 Å². The van der Waals surface area contributed by atoms with Crippen molar-refractivity contribution in [2.45, 2.75) is 33.0 Å². The molecule has 0 saturated heterocycles.